The highest BCUT2D eigenvalue weighted by Crippen LogP contribution is 2.22. The van der Waals surface area contributed by atoms with Crippen molar-refractivity contribution < 1.29 is 14.3 Å². The molecule has 0 saturated carbocycles. The Morgan fingerprint density at radius 3 is 2.27 bits per heavy atom. The predicted molar refractivity (Wildman–Crippen MR) is 103 cm³/mol. The minimum Gasteiger partial charge on any atom is -0.494 e. The van der Waals surface area contributed by atoms with Crippen LogP contribution in [0.4, 0.5) is 0 Å². The zero-order valence-corrected chi connectivity index (χ0v) is 15.1. The number of carbonyl (C=O) groups is 2. The summed E-state index contributed by atoms with van der Waals surface area (Å²) in [7, 11) is 0. The van der Waals surface area contributed by atoms with Crippen molar-refractivity contribution in [3.05, 3.63) is 54.6 Å². The number of hydrogen-bond acceptors (Lipinski definition) is 3. The number of carbonyl (C=O) groups excluding carboxylic acids is 2. The van der Waals surface area contributed by atoms with Crippen molar-refractivity contribution in [2.75, 3.05) is 6.61 Å². The van der Waals surface area contributed by atoms with E-state index in [0.717, 1.165) is 30.6 Å². The summed E-state index contributed by atoms with van der Waals surface area (Å²) in [6.45, 7) is 2.20. The van der Waals surface area contributed by atoms with E-state index in [1.165, 1.54) is 5.56 Å². The Bertz CT molecular complexity index is 699. The van der Waals surface area contributed by atoms with Crippen molar-refractivity contribution in [1.82, 2.24) is 5.32 Å². The van der Waals surface area contributed by atoms with E-state index in [1.807, 2.05) is 30.3 Å². The van der Waals surface area contributed by atoms with Crippen molar-refractivity contribution in [2.24, 2.45) is 5.73 Å². The Hall–Kier alpha value is -2.82. The van der Waals surface area contributed by atoms with Gasteiger partial charge in [0.1, 0.15) is 11.8 Å². The maximum Gasteiger partial charge on any atom is 0.239 e. The molecule has 2 aromatic rings. The summed E-state index contributed by atoms with van der Waals surface area (Å²) >= 11 is 0. The molecule has 26 heavy (non-hydrogen) atoms. The molecule has 5 heteroatoms. The van der Waals surface area contributed by atoms with Gasteiger partial charge in [0.25, 0.3) is 0 Å². The van der Waals surface area contributed by atoms with Crippen molar-refractivity contribution in [3.8, 4) is 16.9 Å². The Kier molecular flexibility index (Phi) is 7.68. The number of nitrogens with one attached hydrogen (secondary N) is 1. The van der Waals surface area contributed by atoms with Crippen molar-refractivity contribution >= 4 is 11.8 Å². The molecule has 0 saturated heterocycles. The molecule has 0 radical (unpaired) electrons. The lowest BCUT2D eigenvalue weighted by Gasteiger charge is -2.10. The second-order valence-electron chi connectivity index (χ2n) is 6.24. The molecular formula is C21H26N2O3. The molecule has 2 rings (SSSR count). The monoisotopic (exact) mass is 354 g/mol. The van der Waals surface area contributed by atoms with Crippen LogP contribution in [0.3, 0.4) is 0 Å². The maximum absolute atomic E-state index is 11.6. The number of benzene rings is 2. The minimum absolute atomic E-state index is 0.145. The fraction of sp³-hybridized carbons (Fsp3) is 0.333. The van der Waals surface area contributed by atoms with Crippen molar-refractivity contribution in [1.29, 1.82) is 0 Å². The maximum atomic E-state index is 11.6. The first kappa shape index (κ1) is 19.5. The molecule has 0 aliphatic carbocycles. The second kappa shape index (κ2) is 10.2. The third kappa shape index (κ3) is 6.59. The van der Waals surface area contributed by atoms with Gasteiger partial charge in [0.2, 0.25) is 11.8 Å². The van der Waals surface area contributed by atoms with Gasteiger partial charge < -0.3 is 15.8 Å². The minimum atomic E-state index is -0.621. The van der Waals surface area contributed by atoms with E-state index in [9.17, 15) is 9.59 Å². The lowest BCUT2D eigenvalue weighted by atomic mass is 10.1. The van der Waals surface area contributed by atoms with Gasteiger partial charge in [-0.05, 0) is 49.4 Å². The highest BCUT2D eigenvalue weighted by molar-refractivity contribution is 5.86. The lowest BCUT2D eigenvalue weighted by Crippen LogP contribution is -2.42. The van der Waals surface area contributed by atoms with Crippen LogP contribution in [-0.4, -0.2) is 24.5 Å². The average Bonchev–Trinajstić information content (AvgIpc) is 2.65. The number of hydrogen-bond donors (Lipinski definition) is 2. The second-order valence-corrected chi connectivity index (χ2v) is 6.24. The van der Waals surface area contributed by atoms with E-state index in [-0.39, 0.29) is 5.91 Å². The van der Waals surface area contributed by atoms with Crippen LogP contribution in [0.5, 0.6) is 5.75 Å². The van der Waals surface area contributed by atoms with Gasteiger partial charge in [0.15, 0.2) is 0 Å². The molecule has 0 aliphatic rings. The first-order chi connectivity index (χ1) is 12.6. The molecule has 0 spiro atoms. The van der Waals surface area contributed by atoms with Gasteiger partial charge in [0.05, 0.1) is 6.61 Å². The highest BCUT2D eigenvalue weighted by atomic mass is 16.5. The molecule has 0 heterocycles. The molecule has 0 aliphatic heterocycles. The van der Waals surface area contributed by atoms with Gasteiger partial charge in [-0.25, -0.2) is 0 Å². The molecule has 0 aromatic heterocycles. The van der Waals surface area contributed by atoms with Crippen molar-refractivity contribution in [3.63, 3.8) is 0 Å². The molecule has 1 unspecified atom stereocenters. The molecule has 3 N–H and O–H groups in total. The van der Waals surface area contributed by atoms with Gasteiger partial charge in [0, 0.05) is 6.42 Å². The topological polar surface area (TPSA) is 81.4 Å². The average molecular weight is 354 g/mol. The van der Waals surface area contributed by atoms with Crippen LogP contribution >= 0.6 is 0 Å². The van der Waals surface area contributed by atoms with E-state index < -0.39 is 11.9 Å². The molecule has 0 bridgehead atoms. The third-order valence-corrected chi connectivity index (χ3v) is 4.08. The fourth-order valence-electron chi connectivity index (χ4n) is 2.51. The molecule has 2 aromatic carbocycles. The van der Waals surface area contributed by atoms with Crippen LogP contribution in [0.15, 0.2) is 54.6 Å². The first-order valence-electron chi connectivity index (χ1n) is 8.93. The normalized spacial score (nSPS) is 11.6. The smallest absolute Gasteiger partial charge is 0.239 e. The van der Waals surface area contributed by atoms with Crippen LogP contribution < -0.4 is 15.8 Å². The highest BCUT2D eigenvalue weighted by Gasteiger charge is 2.11. The molecule has 5 nitrogen and oxygen atoms in total. The van der Waals surface area contributed by atoms with E-state index in [4.69, 9.17) is 10.5 Å². The van der Waals surface area contributed by atoms with E-state index in [0.29, 0.717) is 13.0 Å². The summed E-state index contributed by atoms with van der Waals surface area (Å²) in [6.07, 6.45) is 2.91. The van der Waals surface area contributed by atoms with Crippen LogP contribution in [0.1, 0.15) is 32.6 Å². The number of amides is 2. The van der Waals surface area contributed by atoms with Gasteiger partial charge in [-0.1, -0.05) is 42.5 Å². The fourth-order valence-corrected chi connectivity index (χ4v) is 2.51. The summed E-state index contributed by atoms with van der Waals surface area (Å²) in [5, 5.41) is 2.57. The molecule has 1 atom stereocenters. The van der Waals surface area contributed by atoms with E-state index >= 15 is 0 Å². The van der Waals surface area contributed by atoms with Crippen LogP contribution in [-0.2, 0) is 9.59 Å². The summed E-state index contributed by atoms with van der Waals surface area (Å²) in [6, 6.07) is 17.6. The summed E-state index contributed by atoms with van der Waals surface area (Å²) in [5.74, 6) is 0.177. The first-order valence-corrected chi connectivity index (χ1v) is 8.93. The summed E-state index contributed by atoms with van der Waals surface area (Å²) in [5.41, 5.74) is 7.45. The zero-order valence-electron chi connectivity index (χ0n) is 15.1. The molecule has 2 amide bonds. The predicted octanol–water partition coefficient (Wildman–Crippen LogP) is 3.28. The Morgan fingerprint density at radius 2 is 1.62 bits per heavy atom. The van der Waals surface area contributed by atoms with Gasteiger partial charge >= 0.3 is 0 Å². The zero-order chi connectivity index (χ0) is 18.8. The molecule has 138 valence electrons. The number of primary amides is 1. The quantitative estimate of drug-likeness (QED) is 0.643. The summed E-state index contributed by atoms with van der Waals surface area (Å²) in [4.78, 5) is 22.5. The Balaban J connectivity index is 1.61. The lowest BCUT2D eigenvalue weighted by molar-refractivity contribution is -0.127. The number of ether oxygens (including phenoxy) is 1. The third-order valence-electron chi connectivity index (χ3n) is 4.08. The Labute approximate surface area is 154 Å². The van der Waals surface area contributed by atoms with Gasteiger partial charge in [-0.2, -0.15) is 0 Å². The largest absolute Gasteiger partial charge is 0.494 e. The van der Waals surface area contributed by atoms with E-state index in [2.05, 4.69) is 29.6 Å². The summed E-state index contributed by atoms with van der Waals surface area (Å²) < 4.78 is 5.74. The van der Waals surface area contributed by atoms with Crippen LogP contribution in [0.25, 0.3) is 11.1 Å². The number of unbranched alkanes of at least 4 members (excludes halogenated alkanes) is 2. The van der Waals surface area contributed by atoms with Crippen molar-refractivity contribution in [2.45, 2.75) is 38.6 Å². The standard InChI is InChI=1S/C21H26N2O3/c1-16(21(22)25)23-20(24)10-6-3-7-15-26-19-13-11-18(12-14-19)17-8-4-2-5-9-17/h2,4-5,8-9,11-14,16H,3,6-7,10,15H2,1H3,(H2,22,25)(H,23,24). The van der Waals surface area contributed by atoms with Crippen LogP contribution in [0.2, 0.25) is 0 Å². The SMILES string of the molecule is CC(NC(=O)CCCCCOc1ccc(-c2ccccc2)cc1)C(N)=O. The van der Waals surface area contributed by atoms with E-state index in [1.54, 1.807) is 6.92 Å². The number of nitrogens with two attached hydrogens (primary N) is 1. The number of rotatable bonds is 10. The molecular weight excluding hydrogens is 328 g/mol. The van der Waals surface area contributed by atoms with Crippen LogP contribution in [0, 0.1) is 0 Å². The van der Waals surface area contributed by atoms with Gasteiger partial charge in [-0.3, -0.25) is 9.59 Å². The van der Waals surface area contributed by atoms with Gasteiger partial charge in [-0.15, -0.1) is 0 Å². The molecule has 0 fully saturated rings. The Morgan fingerprint density at radius 1 is 0.962 bits per heavy atom.